The number of nitrogens with zero attached hydrogens (tertiary/aromatic N) is 9. The second kappa shape index (κ2) is 29.7. The fourth-order valence-electron chi connectivity index (χ4n) is 19.3. The van der Waals surface area contributed by atoms with E-state index in [0.717, 1.165) is 116 Å². The van der Waals surface area contributed by atoms with Gasteiger partial charge in [-0.1, -0.05) is 315 Å². The minimum Gasteiger partial charge on any atom is -0.309 e. The molecule has 26 aromatic rings. The van der Waals surface area contributed by atoms with Gasteiger partial charge in [-0.25, -0.2) is 19.9 Å². The highest BCUT2D eigenvalue weighted by atomic mass is 15.0. The van der Waals surface area contributed by atoms with E-state index in [1.54, 1.807) is 0 Å². The topological polar surface area (TPSA) is 92.1 Å². The Bertz CT molecular complexity index is 8730. The van der Waals surface area contributed by atoms with E-state index in [0.29, 0.717) is 0 Å². The maximum atomic E-state index is 5.17. The van der Waals surface area contributed by atoms with Crippen molar-refractivity contribution < 1.29 is 0 Å². The van der Waals surface area contributed by atoms with Crippen LogP contribution in [0.1, 0.15) is 11.4 Å². The first kappa shape index (κ1) is 72.4. The quantitative estimate of drug-likeness (QED) is 0.141. The molecule has 0 unspecified atom stereocenters. The second-order valence-electron chi connectivity index (χ2n) is 32.4. The number of aromatic nitrogens is 9. The van der Waals surface area contributed by atoms with Crippen LogP contribution in [0.4, 0.5) is 0 Å². The van der Waals surface area contributed by atoms with Crippen molar-refractivity contribution >= 4 is 163 Å². The fraction of sp³-hybridized carbons (Fsp3) is 0.0172. The van der Waals surface area contributed by atoms with Crippen molar-refractivity contribution in [3.63, 3.8) is 0 Å². The van der Waals surface area contributed by atoms with Crippen LogP contribution in [0.25, 0.3) is 236 Å². The van der Waals surface area contributed by atoms with E-state index in [-0.39, 0.29) is 0 Å². The summed E-state index contributed by atoms with van der Waals surface area (Å²) < 4.78 is 7.12. The van der Waals surface area contributed by atoms with Gasteiger partial charge >= 0.3 is 0 Å². The van der Waals surface area contributed by atoms with Gasteiger partial charge in [0.1, 0.15) is 0 Å². The standard InChI is InChI=1S/2C40H25N3.C36H25N3/c1-2-11-26(12-3-1)36-25-41-39-34-22-21-28(24-35(34)30-15-4-5-18-33(30)40(39)42-36)27-13-10-14-29(23-27)43-37-19-8-6-16-31(37)32-17-7-9-20-38(32)43;1-2-11-26(12-3-1)36-25-41-39-33-18-5-4-15-30(33)35-24-28(21-22-34(35)40(39)42-36)27-13-10-14-29(23-27)43-37-19-8-6-16-31(37)32-17-7-9-20-38(32)43;1-22-23(2)38-36-31-19-18-25(21-32(31)27-12-3-4-15-30(27)35(36)37-22)24-10-9-11-26(20-24)39-33-16-7-5-13-28(33)29-14-6-8-17-34(29)39/h2*1-25H;3-21H,1-2H3. The summed E-state index contributed by atoms with van der Waals surface area (Å²) in [6, 6.07) is 145. The summed E-state index contributed by atoms with van der Waals surface area (Å²) in [5.41, 5.74) is 29.3. The van der Waals surface area contributed by atoms with Crippen LogP contribution in [0, 0.1) is 13.8 Å². The van der Waals surface area contributed by atoms with Gasteiger partial charge in [-0.3, -0.25) is 9.97 Å². The lowest BCUT2D eigenvalue weighted by Crippen LogP contribution is -1.96. The van der Waals surface area contributed by atoms with Crippen molar-refractivity contribution in [3.05, 3.63) is 430 Å². The lowest BCUT2D eigenvalue weighted by atomic mass is 9.95. The van der Waals surface area contributed by atoms with Crippen molar-refractivity contribution in [2.45, 2.75) is 13.8 Å². The van der Waals surface area contributed by atoms with E-state index in [1.807, 2.05) is 62.6 Å². The van der Waals surface area contributed by atoms with Crippen LogP contribution >= 0.6 is 0 Å². The van der Waals surface area contributed by atoms with E-state index in [2.05, 4.69) is 384 Å². The van der Waals surface area contributed by atoms with Crippen molar-refractivity contribution in [2.24, 2.45) is 0 Å². The maximum Gasteiger partial charge on any atom is 0.0979 e. The van der Waals surface area contributed by atoms with Crippen LogP contribution in [0.2, 0.25) is 0 Å². The summed E-state index contributed by atoms with van der Waals surface area (Å²) >= 11 is 0. The van der Waals surface area contributed by atoms with Crippen LogP contribution in [-0.2, 0) is 0 Å². The summed E-state index contributed by atoms with van der Waals surface area (Å²) in [6.45, 7) is 4.07. The summed E-state index contributed by atoms with van der Waals surface area (Å²) in [5.74, 6) is 0. The SMILES string of the molecule is Cc1nc2c3ccccc3c3cc(-c4cccc(-n5c6ccccc6c6ccccc65)c4)ccc3c2nc1C.c1ccc(-c2cnc3c4ccc(-c5cccc(-n6c7ccccc7c7ccccc76)c5)cc4c4ccccc4c3n2)cc1.c1ccc(-c2cnc3c4ccccc4c4cc(-c5cccc(-n6c7ccccc7c7ccccc76)c5)ccc4c3n2)cc1. The molecular weight excluding hydrogens is 1520 g/mol. The molecule has 584 valence electrons. The molecule has 0 amide bonds. The van der Waals surface area contributed by atoms with Crippen LogP contribution < -0.4 is 0 Å². The number of para-hydroxylation sites is 6. The number of hydrogen-bond acceptors (Lipinski definition) is 6. The molecule has 26 rings (SSSR count). The Labute approximate surface area is 719 Å². The summed E-state index contributed by atoms with van der Waals surface area (Å²) in [4.78, 5) is 30.2. The number of rotatable bonds is 8. The third-order valence-electron chi connectivity index (χ3n) is 25.3. The maximum absolute atomic E-state index is 5.17. The third-order valence-corrected chi connectivity index (χ3v) is 25.3. The minimum atomic E-state index is 0.882. The Hall–Kier alpha value is -16.6. The van der Waals surface area contributed by atoms with Gasteiger partial charge in [0.25, 0.3) is 0 Å². The van der Waals surface area contributed by atoms with Crippen LogP contribution in [0.15, 0.2) is 419 Å². The Morgan fingerprint density at radius 1 is 0.160 bits per heavy atom. The van der Waals surface area contributed by atoms with Gasteiger partial charge in [0.2, 0.25) is 0 Å². The molecule has 125 heavy (non-hydrogen) atoms. The molecule has 0 aliphatic heterocycles. The van der Waals surface area contributed by atoms with Crippen LogP contribution in [0.5, 0.6) is 0 Å². The Morgan fingerprint density at radius 2 is 0.384 bits per heavy atom. The van der Waals surface area contributed by atoms with Gasteiger partial charge in [0.15, 0.2) is 0 Å². The molecule has 0 aliphatic rings. The summed E-state index contributed by atoms with van der Waals surface area (Å²) in [6.07, 6.45) is 3.79. The average Bonchev–Trinajstić information content (AvgIpc) is 1.72. The van der Waals surface area contributed by atoms with Gasteiger partial charge in [-0.15, -0.1) is 0 Å². The molecular formula is C116H75N9. The zero-order chi connectivity index (χ0) is 82.7. The molecule has 0 saturated heterocycles. The number of fused-ring (bicyclic) bond motifs is 27. The molecule has 0 spiro atoms. The number of hydrogen-bond donors (Lipinski definition) is 0. The molecule has 0 saturated carbocycles. The molecule has 0 bridgehead atoms. The zero-order valence-electron chi connectivity index (χ0n) is 68.4. The third kappa shape index (κ3) is 12.1. The molecule has 9 nitrogen and oxygen atoms in total. The van der Waals surface area contributed by atoms with E-state index < -0.39 is 0 Å². The Morgan fingerprint density at radius 3 is 0.688 bits per heavy atom. The largest absolute Gasteiger partial charge is 0.309 e. The summed E-state index contributed by atoms with van der Waals surface area (Å²) in [5, 5.41) is 21.5. The highest BCUT2D eigenvalue weighted by Crippen LogP contribution is 2.44. The average molecular weight is 1590 g/mol. The molecule has 20 aromatic carbocycles. The Kier molecular flexibility index (Phi) is 17.2. The first-order valence-corrected chi connectivity index (χ1v) is 42.5. The monoisotopic (exact) mass is 1590 g/mol. The normalized spacial score (nSPS) is 11.8. The zero-order valence-corrected chi connectivity index (χ0v) is 68.4. The molecule has 0 radical (unpaired) electrons. The molecule has 6 heterocycles. The van der Waals surface area contributed by atoms with Gasteiger partial charge in [0, 0.05) is 92.8 Å². The van der Waals surface area contributed by atoms with Gasteiger partial charge in [-0.2, -0.15) is 0 Å². The van der Waals surface area contributed by atoms with E-state index >= 15 is 0 Å². The smallest absolute Gasteiger partial charge is 0.0979 e. The van der Waals surface area contributed by atoms with Gasteiger partial charge in [-0.05, 0) is 171 Å². The molecule has 0 atom stereocenters. The number of aryl methyl sites for hydroxylation is 2. The van der Waals surface area contributed by atoms with Crippen molar-refractivity contribution in [2.75, 3.05) is 0 Å². The molecule has 6 aromatic heterocycles. The number of benzene rings is 20. The van der Waals surface area contributed by atoms with E-state index in [1.165, 1.54) is 131 Å². The highest BCUT2D eigenvalue weighted by molar-refractivity contribution is 6.27. The van der Waals surface area contributed by atoms with E-state index in [9.17, 15) is 0 Å². The van der Waals surface area contributed by atoms with E-state index in [4.69, 9.17) is 29.9 Å². The second-order valence-corrected chi connectivity index (χ2v) is 32.4. The van der Waals surface area contributed by atoms with Crippen molar-refractivity contribution in [1.29, 1.82) is 0 Å². The molecule has 0 aliphatic carbocycles. The first-order valence-electron chi connectivity index (χ1n) is 42.5. The molecule has 0 N–H and O–H groups in total. The van der Waals surface area contributed by atoms with Gasteiger partial charge in [0.05, 0.1) is 101 Å². The lowest BCUT2D eigenvalue weighted by molar-refractivity contribution is 1.11. The predicted molar refractivity (Wildman–Crippen MR) is 523 cm³/mol. The van der Waals surface area contributed by atoms with Crippen molar-refractivity contribution in [1.82, 2.24) is 43.6 Å². The van der Waals surface area contributed by atoms with Crippen LogP contribution in [-0.4, -0.2) is 43.6 Å². The Balaban J connectivity index is 0.000000105. The lowest BCUT2D eigenvalue weighted by Gasteiger charge is -2.13. The van der Waals surface area contributed by atoms with Crippen LogP contribution in [0.3, 0.4) is 0 Å². The minimum absolute atomic E-state index is 0.882. The predicted octanol–water partition coefficient (Wildman–Crippen LogP) is 30.1. The van der Waals surface area contributed by atoms with Crippen molar-refractivity contribution in [3.8, 4) is 73.0 Å². The fourth-order valence-corrected chi connectivity index (χ4v) is 19.3. The highest BCUT2D eigenvalue weighted by Gasteiger charge is 2.22. The van der Waals surface area contributed by atoms with Gasteiger partial charge < -0.3 is 13.7 Å². The molecule has 9 heteroatoms. The molecule has 0 fully saturated rings. The first-order chi connectivity index (χ1) is 61.8. The summed E-state index contributed by atoms with van der Waals surface area (Å²) in [7, 11) is 0.